The highest BCUT2D eigenvalue weighted by atomic mass is 35.5. The first-order chi connectivity index (χ1) is 17.8. The van der Waals surface area contributed by atoms with Gasteiger partial charge in [0, 0.05) is 29.7 Å². The molecule has 0 aliphatic carbocycles. The zero-order chi connectivity index (χ0) is 26.0. The fourth-order valence-electron chi connectivity index (χ4n) is 3.97. The number of carbonyl (C=O) groups excluding carboxylic acids is 1. The SMILES string of the molecule is O=C(c1ccccc1Cl)c1cccnc1-c1nnn(Cc2cccc(C(F)(F)F)c2)c1-c1ccncc1. The average Bonchev–Trinajstić information content (AvgIpc) is 3.32. The van der Waals surface area contributed by atoms with E-state index in [4.69, 9.17) is 11.6 Å². The molecule has 0 spiro atoms. The van der Waals surface area contributed by atoms with Crippen LogP contribution in [0.25, 0.3) is 22.6 Å². The Morgan fingerprint density at radius 3 is 2.38 bits per heavy atom. The van der Waals surface area contributed by atoms with Crippen molar-refractivity contribution < 1.29 is 18.0 Å². The number of ketones is 1. The molecule has 0 fully saturated rings. The first-order valence-electron chi connectivity index (χ1n) is 11.1. The summed E-state index contributed by atoms with van der Waals surface area (Å²) in [4.78, 5) is 21.9. The second-order valence-electron chi connectivity index (χ2n) is 8.09. The number of halogens is 4. The van der Waals surface area contributed by atoms with Crippen molar-refractivity contribution >= 4 is 17.4 Å². The van der Waals surface area contributed by atoms with Gasteiger partial charge in [-0.3, -0.25) is 14.8 Å². The van der Waals surface area contributed by atoms with E-state index in [0.717, 1.165) is 12.1 Å². The fourth-order valence-corrected chi connectivity index (χ4v) is 4.19. The highest BCUT2D eigenvalue weighted by Gasteiger charge is 2.30. The predicted octanol–water partition coefficient (Wildman–Crippen LogP) is 6.35. The average molecular weight is 520 g/mol. The maximum Gasteiger partial charge on any atom is 0.416 e. The molecule has 2 aromatic carbocycles. The fraction of sp³-hybridized carbons (Fsp3) is 0.0741. The molecule has 10 heteroatoms. The number of aromatic nitrogens is 5. The quantitative estimate of drug-likeness (QED) is 0.244. The Morgan fingerprint density at radius 2 is 1.62 bits per heavy atom. The lowest BCUT2D eigenvalue weighted by molar-refractivity contribution is -0.137. The lowest BCUT2D eigenvalue weighted by Crippen LogP contribution is -2.09. The summed E-state index contributed by atoms with van der Waals surface area (Å²) in [6, 6.07) is 18.4. The lowest BCUT2D eigenvalue weighted by Gasteiger charge is -2.12. The number of hydrogen-bond donors (Lipinski definition) is 0. The molecule has 0 saturated heterocycles. The Morgan fingerprint density at radius 1 is 0.865 bits per heavy atom. The molecule has 0 bridgehead atoms. The van der Waals surface area contributed by atoms with E-state index in [2.05, 4.69) is 20.3 Å². The predicted molar refractivity (Wildman–Crippen MR) is 132 cm³/mol. The van der Waals surface area contributed by atoms with Gasteiger partial charge in [-0.1, -0.05) is 41.1 Å². The highest BCUT2D eigenvalue weighted by molar-refractivity contribution is 6.35. The van der Waals surface area contributed by atoms with Gasteiger partial charge in [-0.05, 0) is 54.1 Å². The Balaban J connectivity index is 1.64. The normalized spacial score (nSPS) is 11.5. The summed E-state index contributed by atoms with van der Waals surface area (Å²) < 4.78 is 41.3. The first kappa shape index (κ1) is 24.3. The van der Waals surface area contributed by atoms with Crippen molar-refractivity contribution in [1.82, 2.24) is 25.0 Å². The molecule has 0 radical (unpaired) electrons. The molecule has 37 heavy (non-hydrogen) atoms. The van der Waals surface area contributed by atoms with Gasteiger partial charge >= 0.3 is 6.18 Å². The van der Waals surface area contributed by atoms with Crippen LogP contribution in [0.4, 0.5) is 13.2 Å². The molecule has 5 rings (SSSR count). The molecule has 0 saturated carbocycles. The van der Waals surface area contributed by atoms with Gasteiger partial charge < -0.3 is 0 Å². The van der Waals surface area contributed by atoms with Crippen LogP contribution in [0.1, 0.15) is 27.0 Å². The number of benzene rings is 2. The summed E-state index contributed by atoms with van der Waals surface area (Å²) in [6.07, 6.45) is 0.212. The standard InChI is InChI=1S/C27H17ClF3N5O/c28-22-9-2-1-7-20(22)26(37)21-8-4-12-33-23(21)24-25(18-10-13-32-14-11-18)36(35-34-24)16-17-5-3-6-19(15-17)27(29,30)31/h1-15H,16H2. The van der Waals surface area contributed by atoms with Crippen molar-refractivity contribution in [2.45, 2.75) is 12.7 Å². The molecule has 6 nitrogen and oxygen atoms in total. The van der Waals surface area contributed by atoms with Crippen molar-refractivity contribution in [2.75, 3.05) is 0 Å². The van der Waals surface area contributed by atoms with Gasteiger partial charge in [-0.15, -0.1) is 5.10 Å². The largest absolute Gasteiger partial charge is 0.416 e. The van der Waals surface area contributed by atoms with E-state index in [1.807, 2.05) is 0 Å². The van der Waals surface area contributed by atoms with Gasteiger partial charge in [0.1, 0.15) is 11.4 Å². The minimum atomic E-state index is -4.47. The molecule has 3 heterocycles. The van der Waals surface area contributed by atoms with E-state index in [1.165, 1.54) is 16.9 Å². The Kier molecular flexibility index (Phi) is 6.54. The third-order valence-electron chi connectivity index (χ3n) is 5.67. The summed E-state index contributed by atoms with van der Waals surface area (Å²) in [5.74, 6) is -0.346. The van der Waals surface area contributed by atoms with Gasteiger partial charge in [-0.2, -0.15) is 13.2 Å². The number of pyridine rings is 2. The highest BCUT2D eigenvalue weighted by Crippen LogP contribution is 2.34. The molecule has 0 atom stereocenters. The maximum absolute atomic E-state index is 13.4. The van der Waals surface area contributed by atoms with Crippen LogP contribution in [-0.4, -0.2) is 30.7 Å². The molecular formula is C27H17ClF3N5O. The topological polar surface area (TPSA) is 73.6 Å². The zero-order valence-corrected chi connectivity index (χ0v) is 19.8. The smallest absolute Gasteiger partial charge is 0.288 e. The van der Waals surface area contributed by atoms with Crippen LogP contribution < -0.4 is 0 Å². The Hall–Kier alpha value is -4.37. The molecular weight excluding hydrogens is 503 g/mol. The van der Waals surface area contributed by atoms with Crippen LogP contribution in [0.3, 0.4) is 0 Å². The molecule has 0 N–H and O–H groups in total. The third kappa shape index (κ3) is 4.99. The molecule has 5 aromatic rings. The zero-order valence-electron chi connectivity index (χ0n) is 19.0. The third-order valence-corrected chi connectivity index (χ3v) is 6.00. The number of rotatable bonds is 6. The molecule has 0 unspecified atom stereocenters. The molecule has 0 amide bonds. The molecule has 184 valence electrons. The van der Waals surface area contributed by atoms with Crippen molar-refractivity contribution in [1.29, 1.82) is 0 Å². The van der Waals surface area contributed by atoms with Crippen molar-refractivity contribution in [3.8, 4) is 22.6 Å². The summed E-state index contributed by atoms with van der Waals surface area (Å²) in [6.45, 7) is 0.00913. The first-order valence-corrected chi connectivity index (χ1v) is 11.5. The lowest BCUT2D eigenvalue weighted by atomic mass is 9.98. The van der Waals surface area contributed by atoms with Crippen LogP contribution in [0, 0.1) is 0 Å². The van der Waals surface area contributed by atoms with Crippen molar-refractivity contribution in [2.24, 2.45) is 0 Å². The summed E-state index contributed by atoms with van der Waals surface area (Å²) in [7, 11) is 0. The monoisotopic (exact) mass is 519 g/mol. The Bertz CT molecular complexity index is 1580. The number of alkyl halides is 3. The van der Waals surface area contributed by atoms with Gasteiger partial charge in [0.15, 0.2) is 5.78 Å². The van der Waals surface area contributed by atoms with E-state index < -0.39 is 11.7 Å². The minimum Gasteiger partial charge on any atom is -0.288 e. The van der Waals surface area contributed by atoms with Crippen LogP contribution >= 0.6 is 11.6 Å². The van der Waals surface area contributed by atoms with Crippen LogP contribution in [0.15, 0.2) is 91.4 Å². The van der Waals surface area contributed by atoms with Crippen molar-refractivity contribution in [3.05, 3.63) is 119 Å². The van der Waals surface area contributed by atoms with Gasteiger partial charge in [0.2, 0.25) is 0 Å². The van der Waals surface area contributed by atoms with Crippen molar-refractivity contribution in [3.63, 3.8) is 0 Å². The summed E-state index contributed by atoms with van der Waals surface area (Å²) >= 11 is 6.27. The van der Waals surface area contributed by atoms with E-state index in [-0.39, 0.29) is 23.6 Å². The van der Waals surface area contributed by atoms with E-state index in [9.17, 15) is 18.0 Å². The van der Waals surface area contributed by atoms with Crippen LogP contribution in [0.5, 0.6) is 0 Å². The van der Waals surface area contributed by atoms with E-state index >= 15 is 0 Å². The number of nitrogens with zero attached hydrogens (tertiary/aromatic N) is 5. The van der Waals surface area contributed by atoms with Gasteiger partial charge in [0.25, 0.3) is 0 Å². The second-order valence-corrected chi connectivity index (χ2v) is 8.49. The van der Waals surface area contributed by atoms with Crippen LogP contribution in [-0.2, 0) is 12.7 Å². The molecule has 0 aliphatic rings. The van der Waals surface area contributed by atoms with Crippen LogP contribution in [0.2, 0.25) is 5.02 Å². The molecule has 0 aliphatic heterocycles. The minimum absolute atomic E-state index is 0.00913. The van der Waals surface area contributed by atoms with Gasteiger partial charge in [0.05, 0.1) is 28.4 Å². The number of hydrogen-bond acceptors (Lipinski definition) is 5. The van der Waals surface area contributed by atoms with E-state index in [0.29, 0.717) is 33.1 Å². The van der Waals surface area contributed by atoms with Gasteiger partial charge in [-0.25, -0.2) is 4.68 Å². The maximum atomic E-state index is 13.4. The second kappa shape index (κ2) is 9.94. The number of carbonyl (C=O) groups is 1. The molecule has 3 aromatic heterocycles. The van der Waals surface area contributed by atoms with E-state index in [1.54, 1.807) is 67.0 Å². The Labute approximate surface area is 214 Å². The summed E-state index contributed by atoms with van der Waals surface area (Å²) in [5.41, 5.74) is 1.90. The summed E-state index contributed by atoms with van der Waals surface area (Å²) in [5, 5.41) is 8.84.